The molecule has 0 saturated carbocycles. The van der Waals surface area contributed by atoms with Crippen LogP contribution in [0.4, 0.5) is 9.59 Å². The average Bonchev–Trinajstić information content (AvgIpc) is 2.79. The van der Waals surface area contributed by atoms with Crippen LogP contribution in [0.25, 0.3) is 0 Å². The van der Waals surface area contributed by atoms with Gasteiger partial charge in [-0.2, -0.15) is 0 Å². The fourth-order valence-electron chi connectivity index (χ4n) is 2.86. The van der Waals surface area contributed by atoms with E-state index in [1.807, 2.05) is 60.7 Å². The van der Waals surface area contributed by atoms with Gasteiger partial charge in [-0.05, 0) is 17.5 Å². The average molecular weight is 415 g/mol. The lowest BCUT2D eigenvalue weighted by molar-refractivity contribution is 0.0294. The van der Waals surface area contributed by atoms with E-state index in [0.717, 1.165) is 35.4 Å². The lowest BCUT2D eigenvalue weighted by Gasteiger charge is -2.29. The molecule has 0 heterocycles. The summed E-state index contributed by atoms with van der Waals surface area (Å²) in [5, 5.41) is 10.8. The number of amides is 2. The molecule has 0 radical (unpaired) electrons. The van der Waals surface area contributed by atoms with E-state index in [9.17, 15) is 14.7 Å². The number of carbonyl (C=O) groups is 2. The highest BCUT2D eigenvalue weighted by Crippen LogP contribution is 2.12. The monoisotopic (exact) mass is 414 g/mol. The number of hydrogen-bond donors (Lipinski definition) is 2. The Balaban J connectivity index is 1.99. The molecule has 7 heteroatoms. The van der Waals surface area contributed by atoms with Crippen molar-refractivity contribution in [2.24, 2.45) is 0 Å². The smallest absolute Gasteiger partial charge is 0.429 e. The second-order valence-electron chi connectivity index (χ2n) is 6.92. The summed E-state index contributed by atoms with van der Waals surface area (Å²) >= 11 is 0. The van der Waals surface area contributed by atoms with E-state index in [4.69, 9.17) is 9.47 Å². The van der Waals surface area contributed by atoms with Gasteiger partial charge in [0.15, 0.2) is 0 Å². The maximum atomic E-state index is 12.7. The van der Waals surface area contributed by atoms with Crippen molar-refractivity contribution < 1.29 is 24.2 Å². The van der Waals surface area contributed by atoms with Gasteiger partial charge in [0.25, 0.3) is 0 Å². The van der Waals surface area contributed by atoms with Crippen molar-refractivity contribution in [3.05, 3.63) is 71.8 Å². The van der Waals surface area contributed by atoms with Gasteiger partial charge in [0.05, 0.1) is 12.6 Å². The maximum absolute atomic E-state index is 12.7. The molecule has 0 spiro atoms. The number of aliphatic hydroxyl groups is 1. The van der Waals surface area contributed by atoms with Crippen molar-refractivity contribution in [2.45, 2.75) is 51.9 Å². The first-order valence-corrected chi connectivity index (χ1v) is 10.2. The van der Waals surface area contributed by atoms with E-state index < -0.39 is 18.2 Å². The van der Waals surface area contributed by atoms with Crippen molar-refractivity contribution in [2.75, 3.05) is 6.61 Å². The molecule has 7 nitrogen and oxygen atoms in total. The van der Waals surface area contributed by atoms with Gasteiger partial charge in [-0.1, -0.05) is 86.8 Å². The zero-order valence-corrected chi connectivity index (χ0v) is 17.3. The largest absolute Gasteiger partial charge is 0.443 e. The normalized spacial score (nSPS) is 11.4. The summed E-state index contributed by atoms with van der Waals surface area (Å²) in [7, 11) is 0. The molecule has 2 aromatic carbocycles. The van der Waals surface area contributed by atoms with E-state index in [2.05, 4.69) is 12.3 Å². The Kier molecular flexibility index (Phi) is 10.2. The highest BCUT2D eigenvalue weighted by molar-refractivity contribution is 5.74. The molecule has 1 atom stereocenters. The lowest BCUT2D eigenvalue weighted by Crippen LogP contribution is -2.53. The quantitative estimate of drug-likeness (QED) is 0.444. The zero-order chi connectivity index (χ0) is 21.6. The Hall–Kier alpha value is -3.06. The standard InChI is InChI=1S/C23H30N2O5/c1-2-3-6-15-21(16-26)25(23(28)30-18-20-13-9-5-10-14-20)24-22(27)29-17-19-11-7-4-8-12-19/h4-5,7-14,21,26H,2-3,6,15-18H2,1H3,(H,24,27)/t21-/m1/s1. The summed E-state index contributed by atoms with van der Waals surface area (Å²) in [6.07, 6.45) is 1.77. The summed E-state index contributed by atoms with van der Waals surface area (Å²) in [6, 6.07) is 17.9. The SMILES string of the molecule is CCCCC[C@H](CO)N(NC(=O)OCc1ccccc1)C(=O)OCc1ccccc1. The Morgan fingerprint density at radius 3 is 2.03 bits per heavy atom. The van der Waals surface area contributed by atoms with Crippen LogP contribution in [0, 0.1) is 0 Å². The van der Waals surface area contributed by atoms with E-state index in [1.165, 1.54) is 0 Å². The van der Waals surface area contributed by atoms with Crippen LogP contribution in [-0.2, 0) is 22.7 Å². The van der Waals surface area contributed by atoms with Crippen LogP contribution in [0.15, 0.2) is 60.7 Å². The highest BCUT2D eigenvalue weighted by atomic mass is 16.6. The first-order valence-electron chi connectivity index (χ1n) is 10.2. The second kappa shape index (κ2) is 13.2. The zero-order valence-electron chi connectivity index (χ0n) is 17.3. The third kappa shape index (κ3) is 8.13. The molecule has 0 saturated heterocycles. The number of nitrogens with zero attached hydrogens (tertiary/aromatic N) is 1. The molecule has 0 bridgehead atoms. The van der Waals surface area contributed by atoms with Gasteiger partial charge in [-0.3, -0.25) is 0 Å². The lowest BCUT2D eigenvalue weighted by atomic mass is 10.1. The molecule has 2 N–H and O–H groups in total. The van der Waals surface area contributed by atoms with Gasteiger partial charge >= 0.3 is 12.2 Å². The first-order chi connectivity index (χ1) is 14.6. The van der Waals surface area contributed by atoms with Gasteiger partial charge in [0.1, 0.15) is 13.2 Å². The molecule has 2 aromatic rings. The van der Waals surface area contributed by atoms with Gasteiger partial charge in [0.2, 0.25) is 0 Å². The van der Waals surface area contributed by atoms with Gasteiger partial charge < -0.3 is 14.6 Å². The van der Waals surface area contributed by atoms with Crippen molar-refractivity contribution in [3.8, 4) is 0 Å². The second-order valence-corrected chi connectivity index (χ2v) is 6.92. The number of carbonyl (C=O) groups excluding carboxylic acids is 2. The first kappa shape index (κ1) is 23.2. The van der Waals surface area contributed by atoms with Crippen LogP contribution in [-0.4, -0.2) is 35.0 Å². The number of nitrogens with one attached hydrogen (secondary N) is 1. The summed E-state index contributed by atoms with van der Waals surface area (Å²) in [4.78, 5) is 25.0. The summed E-state index contributed by atoms with van der Waals surface area (Å²) in [5.41, 5.74) is 4.09. The van der Waals surface area contributed by atoms with Crippen LogP contribution >= 0.6 is 0 Å². The number of unbranched alkanes of at least 4 members (excludes halogenated alkanes) is 2. The van der Waals surface area contributed by atoms with E-state index in [1.54, 1.807) is 0 Å². The maximum Gasteiger partial charge on any atom is 0.429 e. The molecule has 2 amide bonds. The molecule has 0 unspecified atom stereocenters. The Morgan fingerprint density at radius 1 is 0.933 bits per heavy atom. The number of rotatable bonds is 10. The molecule has 0 aliphatic rings. The van der Waals surface area contributed by atoms with E-state index in [0.29, 0.717) is 6.42 Å². The Labute approximate surface area is 177 Å². The van der Waals surface area contributed by atoms with Crippen LogP contribution in [0.1, 0.15) is 43.7 Å². The highest BCUT2D eigenvalue weighted by Gasteiger charge is 2.27. The fraction of sp³-hybridized carbons (Fsp3) is 0.391. The van der Waals surface area contributed by atoms with E-state index >= 15 is 0 Å². The molecule has 0 fully saturated rings. The minimum absolute atomic E-state index is 0.0595. The Bertz CT molecular complexity index is 755. The summed E-state index contributed by atoms with van der Waals surface area (Å²) < 4.78 is 10.6. The molecule has 0 aromatic heterocycles. The van der Waals surface area contributed by atoms with Crippen molar-refractivity contribution in [1.82, 2.24) is 10.4 Å². The number of hydrogen-bond acceptors (Lipinski definition) is 5. The minimum Gasteiger partial charge on any atom is -0.443 e. The topological polar surface area (TPSA) is 88.1 Å². The predicted molar refractivity (Wildman–Crippen MR) is 113 cm³/mol. The van der Waals surface area contributed by atoms with Crippen LogP contribution in [0.3, 0.4) is 0 Å². The molecular formula is C23H30N2O5. The van der Waals surface area contributed by atoms with Crippen molar-refractivity contribution >= 4 is 12.2 Å². The molecule has 2 rings (SSSR count). The molecular weight excluding hydrogens is 384 g/mol. The molecule has 162 valence electrons. The van der Waals surface area contributed by atoms with Gasteiger partial charge in [-0.15, -0.1) is 0 Å². The number of ether oxygens (including phenoxy) is 2. The number of benzene rings is 2. The summed E-state index contributed by atoms with van der Waals surface area (Å²) in [5.74, 6) is 0. The third-order valence-electron chi connectivity index (χ3n) is 4.54. The fourth-order valence-corrected chi connectivity index (χ4v) is 2.86. The molecule has 30 heavy (non-hydrogen) atoms. The Morgan fingerprint density at radius 2 is 1.50 bits per heavy atom. The van der Waals surface area contributed by atoms with Crippen LogP contribution in [0.5, 0.6) is 0 Å². The molecule has 0 aliphatic heterocycles. The minimum atomic E-state index is -0.788. The van der Waals surface area contributed by atoms with Gasteiger partial charge in [0, 0.05) is 0 Å². The van der Waals surface area contributed by atoms with Gasteiger partial charge in [-0.25, -0.2) is 20.0 Å². The summed E-state index contributed by atoms with van der Waals surface area (Å²) in [6.45, 7) is 1.89. The third-order valence-corrected chi connectivity index (χ3v) is 4.54. The van der Waals surface area contributed by atoms with E-state index in [-0.39, 0.29) is 19.8 Å². The van der Waals surface area contributed by atoms with Crippen molar-refractivity contribution in [1.29, 1.82) is 0 Å². The van der Waals surface area contributed by atoms with Crippen LogP contribution < -0.4 is 5.43 Å². The number of hydrazine groups is 1. The van der Waals surface area contributed by atoms with Crippen LogP contribution in [0.2, 0.25) is 0 Å². The predicted octanol–water partition coefficient (Wildman–Crippen LogP) is 4.41. The van der Waals surface area contributed by atoms with Crippen molar-refractivity contribution in [3.63, 3.8) is 0 Å². The molecule has 0 aliphatic carbocycles. The number of aliphatic hydroxyl groups excluding tert-OH is 1.